The van der Waals surface area contributed by atoms with Crippen LogP contribution in [0.3, 0.4) is 0 Å². The Hall–Kier alpha value is -2.51. The Morgan fingerprint density at radius 3 is 2.79 bits per heavy atom. The van der Waals surface area contributed by atoms with Gasteiger partial charge in [-0.15, -0.1) is 0 Å². The molecule has 122 valence electrons. The van der Waals surface area contributed by atoms with E-state index in [2.05, 4.69) is 5.32 Å². The number of nitriles is 1. The highest BCUT2D eigenvalue weighted by molar-refractivity contribution is 6.33. The molecule has 3 rings (SSSR count). The lowest BCUT2D eigenvalue weighted by molar-refractivity contribution is -0.121. The van der Waals surface area contributed by atoms with Gasteiger partial charge in [0.1, 0.15) is 12.6 Å². The van der Waals surface area contributed by atoms with Crippen molar-refractivity contribution in [2.75, 3.05) is 18.0 Å². The maximum atomic E-state index is 12.3. The lowest BCUT2D eigenvalue weighted by atomic mass is 10.0. The van der Waals surface area contributed by atoms with Crippen LogP contribution in [0.4, 0.5) is 5.69 Å². The summed E-state index contributed by atoms with van der Waals surface area (Å²) in [6.45, 7) is 0.809. The smallest absolute Gasteiger partial charge is 0.243 e. The van der Waals surface area contributed by atoms with Crippen LogP contribution in [0.1, 0.15) is 12.8 Å². The van der Waals surface area contributed by atoms with Crippen molar-refractivity contribution in [1.82, 2.24) is 5.32 Å². The molecule has 2 aromatic rings. The zero-order valence-corrected chi connectivity index (χ0v) is 14.0. The van der Waals surface area contributed by atoms with Crippen LogP contribution < -0.4 is 10.2 Å². The number of hydrogen-bond acceptors (Lipinski definition) is 3. The topological polar surface area (TPSA) is 56.1 Å². The molecule has 2 aromatic carbocycles. The predicted octanol–water partition coefficient (Wildman–Crippen LogP) is 3.62. The second-order valence-corrected chi connectivity index (χ2v) is 6.17. The van der Waals surface area contributed by atoms with Crippen molar-refractivity contribution in [2.45, 2.75) is 18.9 Å². The fourth-order valence-corrected chi connectivity index (χ4v) is 3.34. The Balaban J connectivity index is 1.90. The van der Waals surface area contributed by atoms with Crippen molar-refractivity contribution in [3.63, 3.8) is 0 Å². The summed E-state index contributed by atoms with van der Waals surface area (Å²) in [5, 5.41) is 11.9. The number of nitrogens with zero attached hydrogens (tertiary/aromatic N) is 2. The minimum absolute atomic E-state index is 0.0287. The lowest BCUT2D eigenvalue weighted by Gasteiger charge is -2.27. The normalized spacial score (nSPS) is 16.7. The van der Waals surface area contributed by atoms with Crippen LogP contribution in [0.15, 0.2) is 48.5 Å². The van der Waals surface area contributed by atoms with Crippen LogP contribution in [0, 0.1) is 11.3 Å². The molecule has 24 heavy (non-hydrogen) atoms. The van der Waals surface area contributed by atoms with Crippen LogP contribution in [0.5, 0.6) is 0 Å². The monoisotopic (exact) mass is 339 g/mol. The number of hydrogen-bond donors (Lipinski definition) is 1. The summed E-state index contributed by atoms with van der Waals surface area (Å²) in [6, 6.07) is 17.6. The van der Waals surface area contributed by atoms with Gasteiger partial charge in [-0.2, -0.15) is 5.26 Å². The third-order valence-electron chi connectivity index (χ3n) is 4.26. The average Bonchev–Trinajstić information content (AvgIpc) is 3.10. The summed E-state index contributed by atoms with van der Waals surface area (Å²) in [5.41, 5.74) is 3.05. The first kappa shape index (κ1) is 16.4. The Morgan fingerprint density at radius 2 is 2.04 bits per heavy atom. The second-order valence-electron chi connectivity index (χ2n) is 5.76. The maximum absolute atomic E-state index is 12.3. The molecule has 4 nitrogen and oxygen atoms in total. The molecule has 0 radical (unpaired) electrons. The molecule has 1 aliphatic rings. The number of nitrogens with one attached hydrogen (secondary N) is 1. The highest BCUT2D eigenvalue weighted by Gasteiger charge is 2.31. The first-order valence-corrected chi connectivity index (χ1v) is 8.35. The molecule has 1 atom stereocenters. The average molecular weight is 340 g/mol. The number of carbonyl (C=O) groups excluding carboxylic acids is 1. The van der Waals surface area contributed by atoms with E-state index in [4.69, 9.17) is 16.9 Å². The summed E-state index contributed by atoms with van der Waals surface area (Å²) in [5.74, 6) is -0.116. The first-order valence-electron chi connectivity index (χ1n) is 7.97. The molecule has 0 aliphatic carbocycles. The van der Waals surface area contributed by atoms with Gasteiger partial charge >= 0.3 is 0 Å². The summed E-state index contributed by atoms with van der Waals surface area (Å²) in [4.78, 5) is 14.4. The van der Waals surface area contributed by atoms with Gasteiger partial charge in [-0.25, -0.2) is 0 Å². The van der Waals surface area contributed by atoms with Crippen molar-refractivity contribution in [3.8, 4) is 17.2 Å². The molecular weight excluding hydrogens is 322 g/mol. The van der Waals surface area contributed by atoms with Gasteiger partial charge in [0.25, 0.3) is 0 Å². The Kier molecular flexibility index (Phi) is 5.02. The quantitative estimate of drug-likeness (QED) is 0.866. The minimum atomic E-state index is -0.276. The van der Waals surface area contributed by atoms with E-state index in [-0.39, 0.29) is 18.5 Å². The van der Waals surface area contributed by atoms with Crippen LogP contribution >= 0.6 is 11.6 Å². The standard InChI is InChI=1S/C19H18ClN3O/c20-16-9-8-15(14-5-2-1-3-6-14)13-18(16)23-12-4-7-17(23)19(24)22-11-10-21/h1-3,5-6,8-9,13,17H,4,7,11-12H2,(H,22,24)/t17-/m0/s1. The van der Waals surface area contributed by atoms with Crippen molar-refractivity contribution < 1.29 is 4.79 Å². The van der Waals surface area contributed by atoms with E-state index in [1.165, 1.54) is 0 Å². The number of halogens is 1. The van der Waals surface area contributed by atoms with E-state index in [0.717, 1.165) is 36.2 Å². The second kappa shape index (κ2) is 7.37. The van der Waals surface area contributed by atoms with Gasteiger partial charge in [-0.3, -0.25) is 4.79 Å². The summed E-state index contributed by atoms with van der Waals surface area (Å²) in [6.07, 6.45) is 1.69. The zero-order chi connectivity index (χ0) is 16.9. The molecule has 1 aliphatic heterocycles. The Labute approximate surface area is 146 Å². The molecule has 0 unspecified atom stereocenters. The highest BCUT2D eigenvalue weighted by atomic mass is 35.5. The molecule has 0 spiro atoms. The van der Waals surface area contributed by atoms with E-state index in [0.29, 0.717) is 5.02 Å². The van der Waals surface area contributed by atoms with Crippen molar-refractivity contribution in [2.24, 2.45) is 0 Å². The van der Waals surface area contributed by atoms with Gasteiger partial charge in [-0.05, 0) is 36.1 Å². The van der Waals surface area contributed by atoms with Crippen LogP contribution in [0.2, 0.25) is 5.02 Å². The third-order valence-corrected chi connectivity index (χ3v) is 4.58. The summed E-state index contributed by atoms with van der Waals surface area (Å²) >= 11 is 6.41. The summed E-state index contributed by atoms with van der Waals surface area (Å²) < 4.78 is 0. The molecule has 1 amide bonds. The molecular formula is C19H18ClN3O. The van der Waals surface area contributed by atoms with Crippen LogP contribution in [0.25, 0.3) is 11.1 Å². The van der Waals surface area contributed by atoms with Gasteiger partial charge in [-0.1, -0.05) is 48.0 Å². The largest absolute Gasteiger partial charge is 0.358 e. The lowest BCUT2D eigenvalue weighted by Crippen LogP contribution is -2.43. The van der Waals surface area contributed by atoms with E-state index in [9.17, 15) is 4.79 Å². The highest BCUT2D eigenvalue weighted by Crippen LogP contribution is 2.35. The number of rotatable bonds is 4. The number of amides is 1. The SMILES string of the molecule is N#CCNC(=O)[C@@H]1CCCN1c1cc(-c2ccccc2)ccc1Cl. The molecule has 0 bridgehead atoms. The number of benzene rings is 2. The summed E-state index contributed by atoms with van der Waals surface area (Å²) in [7, 11) is 0. The van der Waals surface area contributed by atoms with E-state index < -0.39 is 0 Å². The van der Waals surface area contributed by atoms with Crippen molar-refractivity contribution >= 4 is 23.2 Å². The number of carbonyl (C=O) groups is 1. The third kappa shape index (κ3) is 3.37. The molecule has 1 fully saturated rings. The molecule has 1 heterocycles. The van der Waals surface area contributed by atoms with Gasteiger partial charge in [0.15, 0.2) is 0 Å². The van der Waals surface area contributed by atoms with E-state index in [1.807, 2.05) is 59.5 Å². The van der Waals surface area contributed by atoms with Crippen molar-refractivity contribution in [3.05, 3.63) is 53.6 Å². The van der Waals surface area contributed by atoms with Crippen LogP contribution in [-0.4, -0.2) is 25.0 Å². The predicted molar refractivity (Wildman–Crippen MR) is 95.9 cm³/mol. The van der Waals surface area contributed by atoms with E-state index >= 15 is 0 Å². The van der Waals surface area contributed by atoms with Gasteiger partial charge in [0.2, 0.25) is 5.91 Å². The number of anilines is 1. The molecule has 0 aromatic heterocycles. The van der Waals surface area contributed by atoms with Gasteiger partial charge in [0, 0.05) is 6.54 Å². The van der Waals surface area contributed by atoms with E-state index in [1.54, 1.807) is 0 Å². The van der Waals surface area contributed by atoms with Gasteiger partial charge in [0.05, 0.1) is 16.8 Å². The Bertz CT molecular complexity index is 770. The first-order chi connectivity index (χ1) is 11.7. The van der Waals surface area contributed by atoms with Crippen molar-refractivity contribution in [1.29, 1.82) is 5.26 Å². The van der Waals surface area contributed by atoms with Gasteiger partial charge < -0.3 is 10.2 Å². The zero-order valence-electron chi connectivity index (χ0n) is 13.2. The van der Waals surface area contributed by atoms with Crippen LogP contribution in [-0.2, 0) is 4.79 Å². The molecule has 5 heteroatoms. The molecule has 0 saturated carbocycles. The molecule has 1 saturated heterocycles. The minimum Gasteiger partial charge on any atom is -0.358 e. The fourth-order valence-electron chi connectivity index (χ4n) is 3.12. The maximum Gasteiger partial charge on any atom is 0.243 e. The Morgan fingerprint density at radius 1 is 1.25 bits per heavy atom. The molecule has 1 N–H and O–H groups in total. The fraction of sp³-hybridized carbons (Fsp3) is 0.263.